The molecule has 1 heterocycles. The first-order valence-electron chi connectivity index (χ1n) is 4.64. The van der Waals surface area contributed by atoms with Crippen LogP contribution in [0.15, 0.2) is 0 Å². The van der Waals surface area contributed by atoms with Crippen LogP contribution in [0.2, 0.25) is 0 Å². The van der Waals surface area contributed by atoms with Crippen LogP contribution in [-0.4, -0.2) is 25.8 Å². The molecule has 0 saturated heterocycles. The number of rotatable bonds is 4. The van der Waals surface area contributed by atoms with Gasteiger partial charge in [-0.05, 0) is 6.92 Å². The van der Waals surface area contributed by atoms with Crippen LogP contribution in [0.4, 0.5) is 0 Å². The Kier molecular flexibility index (Phi) is 3.22. The highest BCUT2D eigenvalue weighted by Crippen LogP contribution is 2.11. The Bertz CT molecular complexity index is 331. The van der Waals surface area contributed by atoms with Gasteiger partial charge in [0.25, 0.3) is 0 Å². The van der Waals surface area contributed by atoms with Crippen molar-refractivity contribution in [2.24, 2.45) is 0 Å². The molecular formula is C9H15N3O2. The van der Waals surface area contributed by atoms with Crippen molar-refractivity contribution in [2.75, 3.05) is 0 Å². The summed E-state index contributed by atoms with van der Waals surface area (Å²) in [6.07, 6.45) is 0.0858. The molecule has 5 nitrogen and oxygen atoms in total. The van der Waals surface area contributed by atoms with Crippen LogP contribution in [0.5, 0.6) is 0 Å². The number of aromatic nitrogens is 3. The summed E-state index contributed by atoms with van der Waals surface area (Å²) < 4.78 is 1.67. The van der Waals surface area contributed by atoms with Gasteiger partial charge in [-0.3, -0.25) is 4.79 Å². The maximum Gasteiger partial charge on any atom is 0.305 e. The Morgan fingerprint density at radius 2 is 2.21 bits per heavy atom. The molecule has 0 aliphatic rings. The molecule has 0 atom stereocenters. The summed E-state index contributed by atoms with van der Waals surface area (Å²) in [7, 11) is 0. The number of hydrogen-bond donors (Lipinski definition) is 1. The maximum absolute atomic E-state index is 10.4. The summed E-state index contributed by atoms with van der Waals surface area (Å²) in [5.74, 6) is 1.00. The van der Waals surface area contributed by atoms with Crippen molar-refractivity contribution in [1.82, 2.24) is 14.8 Å². The fraction of sp³-hybridized carbons (Fsp3) is 0.667. The van der Waals surface area contributed by atoms with Crippen molar-refractivity contribution in [3.8, 4) is 0 Å². The Labute approximate surface area is 82.8 Å². The molecule has 1 aromatic rings. The van der Waals surface area contributed by atoms with Crippen LogP contribution in [0, 0.1) is 6.92 Å². The Morgan fingerprint density at radius 1 is 1.57 bits per heavy atom. The smallest absolute Gasteiger partial charge is 0.305 e. The number of carboxylic acid groups (broad SMARTS) is 1. The molecule has 1 aromatic heterocycles. The zero-order valence-electron chi connectivity index (χ0n) is 8.69. The third-order valence-corrected chi connectivity index (χ3v) is 1.86. The largest absolute Gasteiger partial charge is 0.481 e. The molecule has 0 aromatic carbocycles. The van der Waals surface area contributed by atoms with Gasteiger partial charge in [-0.25, -0.2) is 9.67 Å². The molecule has 0 spiro atoms. The van der Waals surface area contributed by atoms with Gasteiger partial charge in [-0.2, -0.15) is 5.10 Å². The lowest BCUT2D eigenvalue weighted by atomic mass is 10.2. The molecule has 0 fully saturated rings. The number of carboxylic acids is 1. The molecule has 0 radical (unpaired) electrons. The van der Waals surface area contributed by atoms with E-state index in [-0.39, 0.29) is 12.3 Å². The predicted octanol–water partition coefficient (Wildman–Crippen LogP) is 1.18. The minimum Gasteiger partial charge on any atom is -0.481 e. The summed E-state index contributed by atoms with van der Waals surface area (Å²) in [5.41, 5.74) is 0. The summed E-state index contributed by atoms with van der Waals surface area (Å²) in [5, 5.41) is 12.7. The van der Waals surface area contributed by atoms with Crippen LogP contribution < -0.4 is 0 Å². The van der Waals surface area contributed by atoms with Gasteiger partial charge in [-0.15, -0.1) is 0 Å². The van der Waals surface area contributed by atoms with Crippen LogP contribution in [0.25, 0.3) is 0 Å². The predicted molar refractivity (Wildman–Crippen MR) is 51.1 cm³/mol. The van der Waals surface area contributed by atoms with E-state index in [0.29, 0.717) is 12.4 Å². The third-order valence-electron chi connectivity index (χ3n) is 1.86. The molecule has 14 heavy (non-hydrogen) atoms. The fourth-order valence-corrected chi connectivity index (χ4v) is 1.27. The summed E-state index contributed by atoms with van der Waals surface area (Å²) in [6, 6.07) is 0. The zero-order valence-corrected chi connectivity index (χ0v) is 8.69. The maximum atomic E-state index is 10.4. The van der Waals surface area contributed by atoms with E-state index in [1.807, 2.05) is 20.8 Å². The number of aryl methyl sites for hydroxylation is 2. The summed E-state index contributed by atoms with van der Waals surface area (Å²) >= 11 is 0. The van der Waals surface area contributed by atoms with Crippen molar-refractivity contribution in [1.29, 1.82) is 0 Å². The molecule has 0 amide bonds. The van der Waals surface area contributed by atoms with E-state index < -0.39 is 5.97 Å². The third kappa shape index (κ3) is 2.55. The molecule has 78 valence electrons. The molecule has 1 rings (SSSR count). The van der Waals surface area contributed by atoms with E-state index in [4.69, 9.17) is 5.11 Å². The van der Waals surface area contributed by atoms with E-state index >= 15 is 0 Å². The second-order valence-electron chi connectivity index (χ2n) is 3.54. The molecule has 0 aliphatic heterocycles. The van der Waals surface area contributed by atoms with Crippen molar-refractivity contribution >= 4 is 5.97 Å². The second-order valence-corrected chi connectivity index (χ2v) is 3.54. The lowest BCUT2D eigenvalue weighted by molar-refractivity contribution is -0.137. The van der Waals surface area contributed by atoms with E-state index in [1.54, 1.807) is 4.68 Å². The van der Waals surface area contributed by atoms with Gasteiger partial charge in [0.15, 0.2) is 0 Å². The Balaban J connectivity index is 2.79. The van der Waals surface area contributed by atoms with E-state index in [2.05, 4.69) is 10.1 Å². The SMILES string of the molecule is Cc1nc(C(C)C)n(CCC(=O)O)n1. The lowest BCUT2D eigenvalue weighted by Gasteiger charge is -2.06. The average Bonchev–Trinajstić information content (AvgIpc) is 2.43. The highest BCUT2D eigenvalue weighted by molar-refractivity contribution is 5.66. The standard InChI is InChI=1S/C9H15N3O2/c1-6(2)9-10-7(3)11-12(9)5-4-8(13)14/h6H,4-5H2,1-3H3,(H,13,14). The van der Waals surface area contributed by atoms with Crippen molar-refractivity contribution in [2.45, 2.75) is 39.7 Å². The van der Waals surface area contributed by atoms with Crippen LogP contribution in [0.1, 0.15) is 37.8 Å². The highest BCUT2D eigenvalue weighted by Gasteiger charge is 2.11. The molecule has 0 saturated carbocycles. The fourth-order valence-electron chi connectivity index (χ4n) is 1.27. The van der Waals surface area contributed by atoms with Gasteiger partial charge in [-0.1, -0.05) is 13.8 Å². The number of nitrogens with zero attached hydrogens (tertiary/aromatic N) is 3. The normalized spacial score (nSPS) is 10.9. The minimum atomic E-state index is -0.812. The van der Waals surface area contributed by atoms with Crippen molar-refractivity contribution in [3.05, 3.63) is 11.6 Å². The number of aliphatic carboxylic acids is 1. The molecule has 5 heteroatoms. The Hall–Kier alpha value is -1.39. The molecular weight excluding hydrogens is 182 g/mol. The van der Waals surface area contributed by atoms with Gasteiger partial charge >= 0.3 is 5.97 Å². The van der Waals surface area contributed by atoms with E-state index in [9.17, 15) is 4.79 Å². The van der Waals surface area contributed by atoms with Gasteiger partial charge in [0.1, 0.15) is 11.6 Å². The lowest BCUT2D eigenvalue weighted by Crippen LogP contribution is -2.10. The first kappa shape index (κ1) is 10.7. The van der Waals surface area contributed by atoms with Crippen LogP contribution in [-0.2, 0) is 11.3 Å². The van der Waals surface area contributed by atoms with Gasteiger partial charge < -0.3 is 5.11 Å². The summed E-state index contributed by atoms with van der Waals surface area (Å²) in [4.78, 5) is 14.6. The summed E-state index contributed by atoms with van der Waals surface area (Å²) in [6.45, 7) is 6.23. The zero-order chi connectivity index (χ0) is 10.7. The van der Waals surface area contributed by atoms with Crippen molar-refractivity contribution < 1.29 is 9.90 Å². The molecule has 1 N–H and O–H groups in total. The topological polar surface area (TPSA) is 68.0 Å². The average molecular weight is 197 g/mol. The van der Waals surface area contributed by atoms with Gasteiger partial charge in [0.2, 0.25) is 0 Å². The first-order valence-corrected chi connectivity index (χ1v) is 4.64. The van der Waals surface area contributed by atoms with Gasteiger partial charge in [0, 0.05) is 5.92 Å². The molecule has 0 unspecified atom stereocenters. The van der Waals surface area contributed by atoms with E-state index in [1.165, 1.54) is 0 Å². The first-order chi connectivity index (χ1) is 6.50. The highest BCUT2D eigenvalue weighted by atomic mass is 16.4. The molecule has 0 aliphatic carbocycles. The minimum absolute atomic E-state index is 0.0858. The number of hydrogen-bond acceptors (Lipinski definition) is 3. The number of carbonyl (C=O) groups is 1. The van der Waals surface area contributed by atoms with Gasteiger partial charge in [0.05, 0.1) is 13.0 Å². The van der Waals surface area contributed by atoms with Crippen LogP contribution in [0.3, 0.4) is 0 Å². The molecule has 0 bridgehead atoms. The van der Waals surface area contributed by atoms with Crippen molar-refractivity contribution in [3.63, 3.8) is 0 Å². The quantitative estimate of drug-likeness (QED) is 0.787. The van der Waals surface area contributed by atoms with Crippen LogP contribution >= 0.6 is 0 Å². The second kappa shape index (κ2) is 4.21. The van der Waals surface area contributed by atoms with E-state index in [0.717, 1.165) is 5.82 Å². The monoisotopic (exact) mass is 197 g/mol. The Morgan fingerprint density at radius 3 is 2.71 bits per heavy atom.